The van der Waals surface area contributed by atoms with Crippen molar-refractivity contribution >= 4 is 21.9 Å². The zero-order valence-corrected chi connectivity index (χ0v) is 21.5. The number of rotatable bonds is 1. The maximum Gasteiger partial charge on any atom is 0.295 e. The van der Waals surface area contributed by atoms with Crippen molar-refractivity contribution < 1.29 is 4.57 Å². The Morgan fingerprint density at radius 3 is 1.52 bits per heavy atom. The van der Waals surface area contributed by atoms with Gasteiger partial charge in [0.2, 0.25) is 0 Å². The molecule has 0 aliphatic heterocycles. The van der Waals surface area contributed by atoms with Gasteiger partial charge in [0.15, 0.2) is 0 Å². The molecular weight excluding hydrogens is 376 g/mol. The molecule has 0 saturated heterocycles. The molecule has 0 amide bonds. The van der Waals surface area contributed by atoms with Crippen molar-refractivity contribution in [3.63, 3.8) is 0 Å². The lowest BCUT2D eigenvalue weighted by Gasteiger charge is -2.18. The summed E-state index contributed by atoms with van der Waals surface area (Å²) in [6, 6.07) is 0. The molecule has 162 valence electrons. The first-order valence-corrected chi connectivity index (χ1v) is 11.4. The average Bonchev–Trinajstić information content (AvgIpc) is 3.08. The summed E-state index contributed by atoms with van der Waals surface area (Å²) >= 11 is 0. The lowest BCUT2D eigenvalue weighted by atomic mass is 9.92. The Bertz CT molecular complexity index is 1400. The number of aryl methyl sites for hydroxylation is 5. The summed E-state index contributed by atoms with van der Waals surface area (Å²) in [6.45, 7) is 25.1. The maximum absolute atomic E-state index is 2.58. The Morgan fingerprint density at radius 2 is 0.968 bits per heavy atom. The van der Waals surface area contributed by atoms with Crippen LogP contribution < -0.4 is 4.57 Å². The molecule has 0 N–H and O–H groups in total. The number of hydrogen-bond acceptors (Lipinski definition) is 0. The van der Waals surface area contributed by atoms with E-state index >= 15 is 0 Å². The van der Waals surface area contributed by atoms with Crippen molar-refractivity contribution in [2.24, 2.45) is 7.05 Å². The van der Waals surface area contributed by atoms with Crippen molar-refractivity contribution in [2.45, 2.75) is 76.2 Å². The number of nitrogens with zero attached hydrogens (tertiary/aromatic N) is 2. The van der Waals surface area contributed by atoms with Gasteiger partial charge >= 0.3 is 0 Å². The van der Waals surface area contributed by atoms with Gasteiger partial charge in [0, 0.05) is 10.9 Å². The van der Waals surface area contributed by atoms with Gasteiger partial charge in [-0.05, 0) is 132 Å². The first kappa shape index (κ1) is 21.6. The van der Waals surface area contributed by atoms with Crippen LogP contribution in [0.1, 0.15) is 61.2 Å². The molecule has 0 aliphatic carbocycles. The van der Waals surface area contributed by atoms with Crippen molar-refractivity contribution in [3.8, 4) is 5.69 Å². The zero-order chi connectivity index (χ0) is 23.1. The smallest absolute Gasteiger partial charge is 0.236 e. The second kappa shape index (κ2) is 6.95. The van der Waals surface area contributed by atoms with Gasteiger partial charge in [0.25, 0.3) is 5.65 Å². The lowest BCUT2D eigenvalue weighted by Crippen LogP contribution is -2.31. The predicted molar refractivity (Wildman–Crippen MR) is 134 cm³/mol. The minimum atomic E-state index is 1.29. The van der Waals surface area contributed by atoms with E-state index in [0.29, 0.717) is 0 Å². The lowest BCUT2D eigenvalue weighted by molar-refractivity contribution is -0.647. The Balaban J connectivity index is 2.47. The topological polar surface area (TPSA) is 8.81 Å². The van der Waals surface area contributed by atoms with Crippen molar-refractivity contribution in [3.05, 3.63) is 67.4 Å². The van der Waals surface area contributed by atoms with Gasteiger partial charge in [-0.2, -0.15) is 4.57 Å². The number of hydrogen-bond donors (Lipinski definition) is 0. The molecule has 2 heterocycles. The Labute approximate surface area is 187 Å². The molecule has 0 unspecified atom stereocenters. The molecule has 0 radical (unpaired) electrons. The molecular formula is C29H37N2+. The standard InChI is InChI=1S/C29H37N2/c1-14-13-30(12)29-26(15(14)2)25-21(8)17(4)20(7)24(11)28(25)31(29)27-22(9)18(5)16(3)19(6)23(27)10/h13H,1-12H3/q+1. The highest BCUT2D eigenvalue weighted by molar-refractivity contribution is 6.12. The summed E-state index contributed by atoms with van der Waals surface area (Å²) in [5.41, 5.74) is 19.3. The monoisotopic (exact) mass is 413 g/mol. The van der Waals surface area contributed by atoms with Gasteiger partial charge in [0.05, 0.1) is 18.6 Å². The van der Waals surface area contributed by atoms with Crippen LogP contribution in [0.15, 0.2) is 6.20 Å². The summed E-state index contributed by atoms with van der Waals surface area (Å²) in [5.74, 6) is 0. The predicted octanol–water partition coefficient (Wildman–Crippen LogP) is 7.00. The van der Waals surface area contributed by atoms with Crippen LogP contribution in [0.5, 0.6) is 0 Å². The molecule has 0 saturated carbocycles. The fourth-order valence-corrected chi connectivity index (χ4v) is 5.58. The quantitative estimate of drug-likeness (QED) is 0.297. The van der Waals surface area contributed by atoms with Crippen LogP contribution in [0, 0.1) is 76.2 Å². The van der Waals surface area contributed by atoms with E-state index in [1.165, 1.54) is 88.8 Å². The first-order chi connectivity index (χ1) is 14.4. The van der Waals surface area contributed by atoms with Crippen LogP contribution >= 0.6 is 0 Å². The van der Waals surface area contributed by atoms with Crippen molar-refractivity contribution in [1.29, 1.82) is 0 Å². The Morgan fingerprint density at radius 1 is 0.516 bits per heavy atom. The van der Waals surface area contributed by atoms with E-state index in [9.17, 15) is 0 Å². The normalized spacial score (nSPS) is 11.9. The fourth-order valence-electron chi connectivity index (χ4n) is 5.58. The largest absolute Gasteiger partial charge is 0.295 e. The third kappa shape index (κ3) is 2.67. The highest BCUT2D eigenvalue weighted by Crippen LogP contribution is 2.42. The minimum absolute atomic E-state index is 1.29. The zero-order valence-electron chi connectivity index (χ0n) is 21.5. The van der Waals surface area contributed by atoms with E-state index in [-0.39, 0.29) is 0 Å². The van der Waals surface area contributed by atoms with E-state index in [4.69, 9.17) is 0 Å². The molecule has 2 nitrogen and oxygen atoms in total. The van der Waals surface area contributed by atoms with Crippen LogP contribution in [0.3, 0.4) is 0 Å². The van der Waals surface area contributed by atoms with E-state index in [0.717, 1.165) is 0 Å². The first-order valence-electron chi connectivity index (χ1n) is 11.4. The Hall–Kier alpha value is -2.61. The van der Waals surface area contributed by atoms with Gasteiger partial charge < -0.3 is 0 Å². The van der Waals surface area contributed by atoms with Gasteiger partial charge in [-0.25, -0.2) is 4.57 Å². The molecule has 0 bridgehead atoms. The van der Waals surface area contributed by atoms with E-state index in [1.807, 2.05) is 0 Å². The average molecular weight is 414 g/mol. The van der Waals surface area contributed by atoms with Gasteiger partial charge in [-0.15, -0.1) is 0 Å². The summed E-state index contributed by atoms with van der Waals surface area (Å²) < 4.78 is 4.92. The molecule has 31 heavy (non-hydrogen) atoms. The second-order valence-electron chi connectivity index (χ2n) is 9.78. The molecule has 0 fully saturated rings. The highest BCUT2D eigenvalue weighted by atomic mass is 15.1. The van der Waals surface area contributed by atoms with Crippen LogP contribution in [0.4, 0.5) is 0 Å². The molecule has 0 aliphatic rings. The maximum atomic E-state index is 2.58. The Kier molecular flexibility index (Phi) is 4.85. The second-order valence-corrected chi connectivity index (χ2v) is 9.78. The third-order valence-electron chi connectivity index (χ3n) is 8.44. The number of aromatic nitrogens is 2. The van der Waals surface area contributed by atoms with Crippen LogP contribution in [-0.2, 0) is 7.05 Å². The third-order valence-corrected chi connectivity index (χ3v) is 8.44. The SMILES string of the molecule is Cc1c[n+](C)c2c(c1C)c1c(C)c(C)c(C)c(C)c1n2-c1c(C)c(C)c(C)c(C)c1C. The molecule has 2 aromatic carbocycles. The number of fused-ring (bicyclic) bond motifs is 3. The minimum Gasteiger partial charge on any atom is -0.236 e. The highest BCUT2D eigenvalue weighted by Gasteiger charge is 2.31. The summed E-state index contributed by atoms with van der Waals surface area (Å²) in [4.78, 5) is 0. The fraction of sp³-hybridized carbons (Fsp3) is 0.414. The van der Waals surface area contributed by atoms with Crippen LogP contribution in [-0.4, -0.2) is 4.57 Å². The van der Waals surface area contributed by atoms with E-state index in [1.54, 1.807) is 0 Å². The summed E-state index contributed by atoms with van der Waals surface area (Å²) in [5, 5.41) is 2.82. The van der Waals surface area contributed by atoms with Crippen LogP contribution in [0.25, 0.3) is 27.6 Å². The summed E-state index contributed by atoms with van der Waals surface area (Å²) in [6.07, 6.45) is 2.29. The number of pyridine rings is 1. The molecule has 4 aromatic rings. The van der Waals surface area contributed by atoms with Crippen molar-refractivity contribution in [1.82, 2.24) is 4.57 Å². The van der Waals surface area contributed by atoms with E-state index in [2.05, 4.69) is 98.5 Å². The summed E-state index contributed by atoms with van der Waals surface area (Å²) in [7, 11) is 2.20. The van der Waals surface area contributed by atoms with Crippen LogP contribution in [0.2, 0.25) is 0 Å². The molecule has 0 spiro atoms. The molecule has 4 rings (SSSR count). The molecule has 0 atom stereocenters. The number of benzene rings is 2. The molecule has 2 heteroatoms. The molecule has 2 aromatic heterocycles. The van der Waals surface area contributed by atoms with Gasteiger partial charge in [0.1, 0.15) is 11.2 Å². The van der Waals surface area contributed by atoms with Gasteiger partial charge in [-0.3, -0.25) is 0 Å². The van der Waals surface area contributed by atoms with Crippen molar-refractivity contribution in [2.75, 3.05) is 0 Å². The van der Waals surface area contributed by atoms with E-state index < -0.39 is 0 Å². The van der Waals surface area contributed by atoms with Gasteiger partial charge in [-0.1, -0.05) is 0 Å².